The quantitative estimate of drug-likeness (QED) is 0.753. The molecular weight excluding hydrogens is 367 g/mol. The fourth-order valence-electron chi connectivity index (χ4n) is 2.50. The molecule has 0 unspecified atom stereocenters. The second-order valence-corrected chi connectivity index (χ2v) is 7.28. The van der Waals surface area contributed by atoms with Crippen molar-refractivity contribution in [3.63, 3.8) is 0 Å². The molecule has 3 aromatic rings. The van der Waals surface area contributed by atoms with Gasteiger partial charge in [0.15, 0.2) is 5.69 Å². The summed E-state index contributed by atoms with van der Waals surface area (Å²) >= 11 is 0. The van der Waals surface area contributed by atoms with Crippen LogP contribution in [0, 0.1) is 0 Å². The molecule has 1 heterocycles. The fraction of sp³-hybridized carbons (Fsp3) is 0.118. The SMILES string of the molecule is NS(=O)(=O)Cc1ccc(-c2cc(C(F)(F)F)nn2-c2ccccc2)cc1. The predicted molar refractivity (Wildman–Crippen MR) is 90.8 cm³/mol. The highest BCUT2D eigenvalue weighted by molar-refractivity contribution is 7.88. The number of aromatic nitrogens is 2. The molecule has 9 heteroatoms. The molecular formula is C17H14F3N3O2S. The maximum Gasteiger partial charge on any atom is 0.435 e. The molecule has 2 aromatic carbocycles. The zero-order valence-corrected chi connectivity index (χ0v) is 14.1. The molecule has 1 aromatic heterocycles. The van der Waals surface area contributed by atoms with Gasteiger partial charge in [-0.05, 0) is 23.8 Å². The van der Waals surface area contributed by atoms with E-state index in [1.165, 1.54) is 28.9 Å². The van der Waals surface area contributed by atoms with Crippen molar-refractivity contribution in [2.24, 2.45) is 5.14 Å². The van der Waals surface area contributed by atoms with Gasteiger partial charge < -0.3 is 0 Å². The second-order valence-electron chi connectivity index (χ2n) is 5.66. The van der Waals surface area contributed by atoms with Crippen LogP contribution in [0.1, 0.15) is 11.3 Å². The van der Waals surface area contributed by atoms with E-state index < -0.39 is 21.9 Å². The molecule has 2 N–H and O–H groups in total. The highest BCUT2D eigenvalue weighted by Crippen LogP contribution is 2.33. The maximum absolute atomic E-state index is 13.1. The van der Waals surface area contributed by atoms with Gasteiger partial charge in [-0.1, -0.05) is 42.5 Å². The third-order valence-electron chi connectivity index (χ3n) is 3.62. The second kappa shape index (κ2) is 6.58. The average molecular weight is 381 g/mol. The van der Waals surface area contributed by atoms with Crippen molar-refractivity contribution in [2.45, 2.75) is 11.9 Å². The van der Waals surface area contributed by atoms with Gasteiger partial charge >= 0.3 is 6.18 Å². The topological polar surface area (TPSA) is 78.0 Å². The van der Waals surface area contributed by atoms with E-state index in [1.54, 1.807) is 30.3 Å². The Bertz CT molecular complexity index is 1010. The summed E-state index contributed by atoms with van der Waals surface area (Å²) in [6, 6.07) is 15.5. The number of halogens is 3. The van der Waals surface area contributed by atoms with Crippen LogP contribution in [0.25, 0.3) is 16.9 Å². The lowest BCUT2D eigenvalue weighted by atomic mass is 10.1. The number of alkyl halides is 3. The van der Waals surface area contributed by atoms with Crippen LogP contribution >= 0.6 is 0 Å². The number of hydrogen-bond acceptors (Lipinski definition) is 3. The number of nitrogens with zero attached hydrogens (tertiary/aromatic N) is 2. The maximum atomic E-state index is 13.1. The molecule has 0 saturated heterocycles. The number of nitrogens with two attached hydrogens (primary N) is 1. The molecule has 0 amide bonds. The third-order valence-corrected chi connectivity index (χ3v) is 4.35. The van der Waals surface area contributed by atoms with E-state index in [9.17, 15) is 21.6 Å². The highest BCUT2D eigenvalue weighted by Gasteiger charge is 2.35. The molecule has 0 atom stereocenters. The molecule has 0 aliphatic heterocycles. The first-order valence-corrected chi connectivity index (χ1v) is 9.17. The Morgan fingerprint density at radius 3 is 2.15 bits per heavy atom. The molecule has 0 aliphatic rings. The standard InChI is InChI=1S/C17H14F3N3O2S/c18-17(19,20)16-10-15(23(22-16)14-4-2-1-3-5-14)13-8-6-12(7-9-13)11-26(21,24)25/h1-10H,11H2,(H2,21,24,25). The lowest BCUT2D eigenvalue weighted by Gasteiger charge is -2.08. The van der Waals surface area contributed by atoms with Crippen molar-refractivity contribution in [3.05, 3.63) is 71.9 Å². The number of primary sulfonamides is 1. The average Bonchev–Trinajstić information content (AvgIpc) is 3.00. The number of hydrogen-bond donors (Lipinski definition) is 1. The summed E-state index contributed by atoms with van der Waals surface area (Å²) in [6.45, 7) is 0. The monoisotopic (exact) mass is 381 g/mol. The number of benzene rings is 2. The van der Waals surface area contributed by atoms with Crippen LogP contribution in [-0.4, -0.2) is 18.2 Å². The first-order valence-electron chi connectivity index (χ1n) is 7.46. The van der Waals surface area contributed by atoms with Crippen molar-refractivity contribution >= 4 is 10.0 Å². The van der Waals surface area contributed by atoms with Gasteiger partial charge in [0, 0.05) is 5.56 Å². The van der Waals surface area contributed by atoms with Gasteiger partial charge in [0.25, 0.3) is 0 Å². The van der Waals surface area contributed by atoms with Crippen LogP contribution in [0.3, 0.4) is 0 Å². The van der Waals surface area contributed by atoms with Crippen molar-refractivity contribution in [1.82, 2.24) is 9.78 Å². The molecule has 26 heavy (non-hydrogen) atoms. The Balaban J connectivity index is 2.07. The van der Waals surface area contributed by atoms with Gasteiger partial charge in [-0.2, -0.15) is 18.3 Å². The highest BCUT2D eigenvalue weighted by atomic mass is 32.2. The van der Waals surface area contributed by atoms with E-state index >= 15 is 0 Å². The first-order chi connectivity index (χ1) is 12.1. The van der Waals surface area contributed by atoms with Gasteiger partial charge in [0.2, 0.25) is 10.0 Å². The molecule has 0 radical (unpaired) electrons. The van der Waals surface area contributed by atoms with Crippen LogP contribution in [-0.2, 0) is 22.0 Å². The van der Waals surface area contributed by atoms with Crippen molar-refractivity contribution in [2.75, 3.05) is 0 Å². The number of sulfonamides is 1. The Labute approximate surface area is 147 Å². The van der Waals surface area contributed by atoms with E-state index in [0.29, 0.717) is 16.8 Å². The zero-order chi connectivity index (χ0) is 18.9. The summed E-state index contributed by atoms with van der Waals surface area (Å²) in [4.78, 5) is 0. The minimum absolute atomic E-state index is 0.241. The molecule has 136 valence electrons. The van der Waals surface area contributed by atoms with Crippen LogP contribution < -0.4 is 5.14 Å². The van der Waals surface area contributed by atoms with Crippen LogP contribution in [0.2, 0.25) is 0 Å². The molecule has 0 fully saturated rings. The summed E-state index contributed by atoms with van der Waals surface area (Å²) in [7, 11) is -3.69. The van der Waals surface area contributed by atoms with Gasteiger partial charge in [-0.15, -0.1) is 0 Å². The van der Waals surface area contributed by atoms with E-state index in [0.717, 1.165) is 6.07 Å². The minimum atomic E-state index is -4.58. The Morgan fingerprint density at radius 1 is 1.00 bits per heavy atom. The summed E-state index contributed by atoms with van der Waals surface area (Å²) in [5.41, 5.74) is 0.621. The van der Waals surface area contributed by atoms with E-state index in [-0.39, 0.29) is 11.4 Å². The van der Waals surface area contributed by atoms with Gasteiger partial charge in [-0.3, -0.25) is 0 Å². The summed E-state index contributed by atoms with van der Waals surface area (Å²) in [5, 5.41) is 8.69. The van der Waals surface area contributed by atoms with E-state index in [2.05, 4.69) is 5.10 Å². The van der Waals surface area contributed by atoms with E-state index in [1.807, 2.05) is 0 Å². The Kier molecular flexibility index (Phi) is 4.59. The Morgan fingerprint density at radius 2 is 1.62 bits per heavy atom. The van der Waals surface area contributed by atoms with Crippen LogP contribution in [0.15, 0.2) is 60.7 Å². The van der Waals surface area contributed by atoms with Crippen molar-refractivity contribution < 1.29 is 21.6 Å². The minimum Gasteiger partial charge on any atom is -0.233 e. The summed E-state index contributed by atoms with van der Waals surface area (Å²) < 4.78 is 62.8. The van der Waals surface area contributed by atoms with Gasteiger partial charge in [-0.25, -0.2) is 18.2 Å². The first kappa shape index (κ1) is 18.2. The summed E-state index contributed by atoms with van der Waals surface area (Å²) in [5.74, 6) is -0.348. The van der Waals surface area contributed by atoms with Crippen molar-refractivity contribution in [1.29, 1.82) is 0 Å². The smallest absolute Gasteiger partial charge is 0.233 e. The third kappa shape index (κ3) is 4.12. The molecule has 3 rings (SSSR count). The molecule has 0 saturated carbocycles. The number of rotatable bonds is 4. The van der Waals surface area contributed by atoms with Crippen LogP contribution in [0.5, 0.6) is 0 Å². The molecule has 0 aliphatic carbocycles. The van der Waals surface area contributed by atoms with Crippen LogP contribution in [0.4, 0.5) is 13.2 Å². The van der Waals surface area contributed by atoms with E-state index in [4.69, 9.17) is 5.14 Å². The lowest BCUT2D eigenvalue weighted by molar-refractivity contribution is -0.141. The van der Waals surface area contributed by atoms with Gasteiger partial charge in [0.1, 0.15) is 0 Å². The largest absolute Gasteiger partial charge is 0.435 e. The van der Waals surface area contributed by atoms with Crippen molar-refractivity contribution in [3.8, 4) is 16.9 Å². The predicted octanol–water partition coefficient (Wildman–Crippen LogP) is 3.35. The zero-order valence-electron chi connectivity index (χ0n) is 13.3. The summed E-state index contributed by atoms with van der Waals surface area (Å²) in [6.07, 6.45) is -4.58. The molecule has 0 spiro atoms. The van der Waals surface area contributed by atoms with Gasteiger partial charge in [0.05, 0.1) is 17.1 Å². The lowest BCUT2D eigenvalue weighted by Crippen LogP contribution is -2.14. The fourth-order valence-corrected chi connectivity index (χ4v) is 3.15. The molecule has 5 nitrogen and oxygen atoms in total. The number of para-hydroxylation sites is 1. The molecule has 0 bridgehead atoms. The normalized spacial score (nSPS) is 12.3. The Hall–Kier alpha value is -2.65.